The summed E-state index contributed by atoms with van der Waals surface area (Å²) in [6.45, 7) is 5.03. The van der Waals surface area contributed by atoms with Gasteiger partial charge in [0, 0.05) is 0 Å². The van der Waals surface area contributed by atoms with Gasteiger partial charge in [0.1, 0.15) is 10.8 Å². The van der Waals surface area contributed by atoms with Gasteiger partial charge in [0.25, 0.3) is 0 Å². The van der Waals surface area contributed by atoms with E-state index in [-0.39, 0.29) is 18.5 Å². The predicted octanol–water partition coefficient (Wildman–Crippen LogP) is 4.72. The fourth-order valence-corrected chi connectivity index (χ4v) is 3.80. The Morgan fingerprint density at radius 3 is 2.74 bits per heavy atom. The fraction of sp³-hybridized carbons (Fsp3) is 0.333. The van der Waals surface area contributed by atoms with Crippen LogP contribution in [0.15, 0.2) is 48.5 Å². The number of aromatic nitrogens is 1. The van der Waals surface area contributed by atoms with Crippen molar-refractivity contribution in [1.29, 1.82) is 0 Å². The van der Waals surface area contributed by atoms with Crippen LogP contribution in [0.5, 0.6) is 5.75 Å². The van der Waals surface area contributed by atoms with E-state index < -0.39 is 0 Å². The second-order valence-electron chi connectivity index (χ2n) is 6.50. The van der Waals surface area contributed by atoms with Gasteiger partial charge in [-0.15, -0.1) is 11.3 Å². The smallest absolute Gasteiger partial charge is 0.238 e. The third-order valence-electron chi connectivity index (χ3n) is 4.34. The Hall–Kier alpha value is -2.44. The SMILES string of the molecule is CCCOc1ccccc1NC(=O)CN(C)[C@H](C)c1nc2ccccc2s1. The number of para-hydroxylation sites is 3. The van der Waals surface area contributed by atoms with Gasteiger partial charge in [-0.1, -0.05) is 31.2 Å². The number of hydrogen-bond acceptors (Lipinski definition) is 5. The van der Waals surface area contributed by atoms with Crippen molar-refractivity contribution >= 4 is 33.1 Å². The van der Waals surface area contributed by atoms with Crippen molar-refractivity contribution in [2.75, 3.05) is 25.5 Å². The molecule has 142 valence electrons. The number of ether oxygens (including phenoxy) is 1. The van der Waals surface area contributed by atoms with Crippen molar-refractivity contribution in [3.63, 3.8) is 0 Å². The van der Waals surface area contributed by atoms with E-state index in [9.17, 15) is 4.79 Å². The topological polar surface area (TPSA) is 54.5 Å². The van der Waals surface area contributed by atoms with Gasteiger partial charge in [-0.2, -0.15) is 0 Å². The molecule has 0 fully saturated rings. The second kappa shape index (κ2) is 8.97. The average molecular weight is 384 g/mol. The largest absolute Gasteiger partial charge is 0.491 e. The Bertz CT molecular complexity index is 876. The predicted molar refractivity (Wildman–Crippen MR) is 112 cm³/mol. The summed E-state index contributed by atoms with van der Waals surface area (Å²) in [5.41, 5.74) is 1.71. The molecule has 1 amide bonds. The second-order valence-corrected chi connectivity index (χ2v) is 7.57. The lowest BCUT2D eigenvalue weighted by Gasteiger charge is -2.22. The first kappa shape index (κ1) is 19.3. The van der Waals surface area contributed by atoms with Crippen LogP contribution in [0.4, 0.5) is 5.69 Å². The lowest BCUT2D eigenvalue weighted by Crippen LogP contribution is -2.32. The summed E-state index contributed by atoms with van der Waals surface area (Å²) >= 11 is 1.67. The zero-order valence-electron chi connectivity index (χ0n) is 15.9. The summed E-state index contributed by atoms with van der Waals surface area (Å²) in [6, 6.07) is 15.7. The van der Waals surface area contributed by atoms with E-state index in [1.54, 1.807) is 11.3 Å². The molecule has 27 heavy (non-hydrogen) atoms. The zero-order valence-corrected chi connectivity index (χ0v) is 16.8. The molecule has 0 spiro atoms. The minimum atomic E-state index is -0.0713. The third-order valence-corrected chi connectivity index (χ3v) is 5.55. The monoisotopic (exact) mass is 383 g/mol. The van der Waals surface area contributed by atoms with Crippen molar-refractivity contribution in [3.8, 4) is 5.75 Å². The lowest BCUT2D eigenvalue weighted by molar-refractivity contribution is -0.117. The molecule has 0 saturated heterocycles. The van der Waals surface area contributed by atoms with Crippen LogP contribution in [0.2, 0.25) is 0 Å². The van der Waals surface area contributed by atoms with Gasteiger partial charge in [-0.3, -0.25) is 9.69 Å². The van der Waals surface area contributed by atoms with Crippen LogP contribution in [0, 0.1) is 0 Å². The molecular weight excluding hydrogens is 358 g/mol. The number of benzene rings is 2. The molecule has 5 nitrogen and oxygen atoms in total. The Balaban J connectivity index is 1.63. The number of thiazole rings is 1. The van der Waals surface area contributed by atoms with Gasteiger partial charge in [0.05, 0.1) is 35.1 Å². The van der Waals surface area contributed by atoms with E-state index in [0.717, 1.165) is 16.9 Å². The molecule has 1 heterocycles. The molecule has 6 heteroatoms. The van der Waals surface area contributed by atoms with E-state index in [1.807, 2.05) is 54.4 Å². The number of rotatable bonds is 8. The third kappa shape index (κ3) is 4.84. The maximum Gasteiger partial charge on any atom is 0.238 e. The molecule has 0 aliphatic heterocycles. The molecule has 0 aliphatic rings. The number of carbonyl (C=O) groups excluding carboxylic acids is 1. The highest BCUT2D eigenvalue weighted by Crippen LogP contribution is 2.29. The standard InChI is InChI=1S/C21H25N3O2S/c1-4-13-26-18-11-7-5-9-16(18)22-20(25)14-24(3)15(2)21-23-17-10-6-8-12-19(17)27-21/h5-12,15H,4,13-14H2,1-3H3,(H,22,25)/t15-/m1/s1. The van der Waals surface area contributed by atoms with Crippen LogP contribution in [0.3, 0.4) is 0 Å². The zero-order chi connectivity index (χ0) is 19.2. The van der Waals surface area contributed by atoms with E-state index in [2.05, 4.69) is 25.2 Å². The summed E-state index contributed by atoms with van der Waals surface area (Å²) in [6.07, 6.45) is 0.921. The van der Waals surface area contributed by atoms with Gasteiger partial charge >= 0.3 is 0 Å². The highest BCUT2D eigenvalue weighted by Gasteiger charge is 2.19. The Kier molecular flexibility index (Phi) is 6.42. The van der Waals surface area contributed by atoms with Crippen LogP contribution in [-0.2, 0) is 4.79 Å². The van der Waals surface area contributed by atoms with Gasteiger partial charge in [-0.25, -0.2) is 4.98 Å². The van der Waals surface area contributed by atoms with Crippen molar-refractivity contribution in [2.45, 2.75) is 26.3 Å². The molecule has 3 aromatic rings. The maximum atomic E-state index is 12.5. The number of nitrogens with zero attached hydrogens (tertiary/aromatic N) is 2. The first-order chi connectivity index (χ1) is 13.1. The van der Waals surface area contributed by atoms with E-state index in [4.69, 9.17) is 9.72 Å². The van der Waals surface area contributed by atoms with Crippen molar-refractivity contribution in [3.05, 3.63) is 53.5 Å². The molecule has 0 unspecified atom stereocenters. The van der Waals surface area contributed by atoms with Crippen molar-refractivity contribution < 1.29 is 9.53 Å². The van der Waals surface area contributed by atoms with E-state index in [0.29, 0.717) is 18.0 Å². The minimum Gasteiger partial charge on any atom is -0.491 e. The van der Waals surface area contributed by atoms with Gasteiger partial charge in [0.15, 0.2) is 0 Å². The van der Waals surface area contributed by atoms with Crippen LogP contribution in [0.1, 0.15) is 31.3 Å². The summed E-state index contributed by atoms with van der Waals surface area (Å²) in [5.74, 6) is 0.632. The number of likely N-dealkylation sites (N-methyl/N-ethyl adjacent to an activating group) is 1. The Morgan fingerprint density at radius 2 is 1.96 bits per heavy atom. The Morgan fingerprint density at radius 1 is 1.22 bits per heavy atom. The summed E-state index contributed by atoms with van der Waals surface area (Å²) in [5, 5.41) is 3.97. The Labute approximate surface area is 164 Å². The van der Waals surface area contributed by atoms with Crippen LogP contribution < -0.4 is 10.1 Å². The highest BCUT2D eigenvalue weighted by atomic mass is 32.1. The fourth-order valence-electron chi connectivity index (χ4n) is 2.72. The number of amides is 1. The molecule has 1 aromatic heterocycles. The van der Waals surface area contributed by atoms with Gasteiger partial charge in [0.2, 0.25) is 5.91 Å². The molecule has 0 aliphatic carbocycles. The summed E-state index contributed by atoms with van der Waals surface area (Å²) in [7, 11) is 1.94. The molecular formula is C21H25N3O2S. The van der Waals surface area contributed by atoms with E-state index >= 15 is 0 Å². The number of hydrogen-bond donors (Lipinski definition) is 1. The first-order valence-electron chi connectivity index (χ1n) is 9.16. The van der Waals surface area contributed by atoms with E-state index in [1.165, 1.54) is 4.70 Å². The average Bonchev–Trinajstić information content (AvgIpc) is 3.10. The quantitative estimate of drug-likeness (QED) is 0.612. The van der Waals surface area contributed by atoms with Crippen LogP contribution in [-0.4, -0.2) is 36.0 Å². The van der Waals surface area contributed by atoms with Crippen molar-refractivity contribution in [2.24, 2.45) is 0 Å². The highest BCUT2D eigenvalue weighted by molar-refractivity contribution is 7.18. The minimum absolute atomic E-state index is 0.0553. The number of carbonyl (C=O) groups is 1. The molecule has 1 atom stereocenters. The molecule has 2 aromatic carbocycles. The lowest BCUT2D eigenvalue weighted by atomic mass is 10.2. The van der Waals surface area contributed by atoms with Gasteiger partial charge in [-0.05, 0) is 44.7 Å². The number of nitrogens with one attached hydrogen (secondary N) is 1. The molecule has 1 N–H and O–H groups in total. The van der Waals surface area contributed by atoms with Crippen molar-refractivity contribution in [1.82, 2.24) is 9.88 Å². The first-order valence-corrected chi connectivity index (χ1v) is 9.97. The molecule has 0 radical (unpaired) electrons. The van der Waals surface area contributed by atoms with Crippen LogP contribution in [0.25, 0.3) is 10.2 Å². The van der Waals surface area contributed by atoms with Gasteiger partial charge < -0.3 is 10.1 Å². The number of fused-ring (bicyclic) bond motifs is 1. The summed E-state index contributed by atoms with van der Waals surface area (Å²) < 4.78 is 6.87. The molecule has 3 rings (SSSR count). The molecule has 0 bridgehead atoms. The maximum absolute atomic E-state index is 12.5. The molecule has 0 saturated carbocycles. The number of anilines is 1. The normalized spacial score (nSPS) is 12.3. The summed E-state index contributed by atoms with van der Waals surface area (Å²) in [4.78, 5) is 19.2. The van der Waals surface area contributed by atoms with Crippen LogP contribution >= 0.6 is 11.3 Å².